The van der Waals surface area contributed by atoms with E-state index in [0.29, 0.717) is 23.8 Å². The molecule has 0 saturated carbocycles. The van der Waals surface area contributed by atoms with Crippen LogP contribution in [0.4, 0.5) is 5.82 Å². The molecule has 1 saturated heterocycles. The maximum absolute atomic E-state index is 12.8. The Morgan fingerprint density at radius 3 is 2.73 bits per heavy atom. The Morgan fingerprint density at radius 2 is 2.05 bits per heavy atom. The van der Waals surface area contributed by atoms with Crippen LogP contribution < -0.4 is 5.73 Å². The molecule has 0 spiro atoms. The SMILES string of the molecule is Cc1cc(N)nc([C@]2(C)CCCN2C(=O)c2cncnc2)n1. The average molecular weight is 298 g/mol. The lowest BCUT2D eigenvalue weighted by atomic mass is 9.97. The zero-order valence-electron chi connectivity index (χ0n) is 12.7. The Labute approximate surface area is 128 Å². The second-order valence-electron chi connectivity index (χ2n) is 5.72. The number of hydrogen-bond donors (Lipinski definition) is 1. The summed E-state index contributed by atoms with van der Waals surface area (Å²) in [5, 5.41) is 0. The van der Waals surface area contributed by atoms with Crippen molar-refractivity contribution in [1.29, 1.82) is 0 Å². The zero-order valence-corrected chi connectivity index (χ0v) is 12.7. The fraction of sp³-hybridized carbons (Fsp3) is 0.400. The lowest BCUT2D eigenvalue weighted by molar-refractivity contribution is 0.0603. The van der Waals surface area contributed by atoms with Gasteiger partial charge < -0.3 is 10.6 Å². The van der Waals surface area contributed by atoms with Crippen molar-refractivity contribution in [3.63, 3.8) is 0 Å². The van der Waals surface area contributed by atoms with Crippen molar-refractivity contribution in [2.45, 2.75) is 32.2 Å². The summed E-state index contributed by atoms with van der Waals surface area (Å²) in [6.07, 6.45) is 6.16. The molecule has 22 heavy (non-hydrogen) atoms. The number of amides is 1. The lowest BCUT2D eigenvalue weighted by Crippen LogP contribution is -2.44. The number of aromatic nitrogens is 4. The van der Waals surface area contributed by atoms with E-state index in [2.05, 4.69) is 19.9 Å². The van der Waals surface area contributed by atoms with E-state index >= 15 is 0 Å². The zero-order chi connectivity index (χ0) is 15.7. The van der Waals surface area contributed by atoms with Crippen LogP contribution >= 0.6 is 0 Å². The van der Waals surface area contributed by atoms with Gasteiger partial charge in [0.1, 0.15) is 17.7 Å². The molecule has 7 nitrogen and oxygen atoms in total. The summed E-state index contributed by atoms with van der Waals surface area (Å²) < 4.78 is 0. The maximum Gasteiger partial charge on any atom is 0.257 e. The van der Waals surface area contributed by atoms with Crippen LogP contribution in [-0.2, 0) is 5.54 Å². The van der Waals surface area contributed by atoms with Crippen molar-refractivity contribution in [2.75, 3.05) is 12.3 Å². The Balaban J connectivity index is 2.00. The van der Waals surface area contributed by atoms with E-state index < -0.39 is 5.54 Å². The Hall–Kier alpha value is -2.57. The van der Waals surface area contributed by atoms with Gasteiger partial charge in [0.15, 0.2) is 5.82 Å². The van der Waals surface area contributed by atoms with Gasteiger partial charge in [-0.15, -0.1) is 0 Å². The number of nitrogens with two attached hydrogens (primary N) is 1. The molecule has 3 rings (SSSR count). The van der Waals surface area contributed by atoms with Crippen LogP contribution in [0, 0.1) is 6.92 Å². The highest BCUT2D eigenvalue weighted by Crippen LogP contribution is 2.37. The first-order valence-corrected chi connectivity index (χ1v) is 7.19. The van der Waals surface area contributed by atoms with E-state index in [1.165, 1.54) is 18.7 Å². The number of aryl methyl sites for hydroxylation is 1. The number of likely N-dealkylation sites (tertiary alicyclic amines) is 1. The van der Waals surface area contributed by atoms with Gasteiger partial charge in [0.2, 0.25) is 0 Å². The fourth-order valence-electron chi connectivity index (χ4n) is 2.92. The molecule has 114 valence electrons. The van der Waals surface area contributed by atoms with Crippen molar-refractivity contribution >= 4 is 11.7 Å². The van der Waals surface area contributed by atoms with Crippen molar-refractivity contribution in [3.05, 3.63) is 41.9 Å². The minimum atomic E-state index is -0.562. The highest BCUT2D eigenvalue weighted by molar-refractivity contribution is 5.94. The van der Waals surface area contributed by atoms with Gasteiger partial charge in [-0.25, -0.2) is 19.9 Å². The third-order valence-electron chi connectivity index (χ3n) is 4.05. The Kier molecular flexibility index (Phi) is 3.48. The summed E-state index contributed by atoms with van der Waals surface area (Å²) in [6, 6.07) is 1.72. The molecule has 0 unspecified atom stereocenters. The van der Waals surface area contributed by atoms with E-state index in [1.54, 1.807) is 11.0 Å². The normalized spacial score (nSPS) is 21.1. The van der Waals surface area contributed by atoms with E-state index in [9.17, 15) is 4.79 Å². The molecule has 3 heterocycles. The highest BCUT2D eigenvalue weighted by atomic mass is 16.2. The number of rotatable bonds is 2. The van der Waals surface area contributed by atoms with E-state index in [1.807, 2.05) is 13.8 Å². The summed E-state index contributed by atoms with van der Waals surface area (Å²) in [7, 11) is 0. The van der Waals surface area contributed by atoms with Crippen LogP contribution in [-0.4, -0.2) is 37.3 Å². The Morgan fingerprint density at radius 1 is 1.32 bits per heavy atom. The molecule has 2 N–H and O–H groups in total. The molecule has 2 aromatic rings. The van der Waals surface area contributed by atoms with Crippen molar-refractivity contribution < 1.29 is 4.79 Å². The first kappa shape index (κ1) is 14.4. The topological polar surface area (TPSA) is 97.9 Å². The van der Waals surface area contributed by atoms with Crippen LogP contribution in [0.3, 0.4) is 0 Å². The first-order valence-electron chi connectivity index (χ1n) is 7.19. The van der Waals surface area contributed by atoms with E-state index in [4.69, 9.17) is 5.73 Å². The predicted octanol–water partition coefficient (Wildman–Crippen LogP) is 1.31. The van der Waals surface area contributed by atoms with Crippen LogP contribution in [0.15, 0.2) is 24.8 Å². The number of carbonyl (C=O) groups is 1. The highest BCUT2D eigenvalue weighted by Gasteiger charge is 2.44. The van der Waals surface area contributed by atoms with Crippen molar-refractivity contribution in [1.82, 2.24) is 24.8 Å². The van der Waals surface area contributed by atoms with Crippen molar-refractivity contribution in [2.24, 2.45) is 0 Å². The molecule has 1 aliphatic rings. The van der Waals surface area contributed by atoms with Gasteiger partial charge in [-0.05, 0) is 26.7 Å². The maximum atomic E-state index is 12.8. The van der Waals surface area contributed by atoms with Crippen LogP contribution in [0.1, 0.15) is 41.6 Å². The lowest BCUT2D eigenvalue weighted by Gasteiger charge is -2.34. The molecule has 0 radical (unpaired) electrons. The van der Waals surface area contributed by atoms with Gasteiger partial charge in [-0.3, -0.25) is 4.79 Å². The molecule has 2 aromatic heterocycles. The van der Waals surface area contributed by atoms with Gasteiger partial charge >= 0.3 is 0 Å². The van der Waals surface area contributed by atoms with Gasteiger partial charge in [-0.1, -0.05) is 0 Å². The van der Waals surface area contributed by atoms with E-state index in [0.717, 1.165) is 18.5 Å². The third kappa shape index (κ3) is 2.38. The predicted molar refractivity (Wildman–Crippen MR) is 80.8 cm³/mol. The fourth-order valence-corrected chi connectivity index (χ4v) is 2.92. The largest absolute Gasteiger partial charge is 0.384 e. The Bertz CT molecular complexity index is 684. The van der Waals surface area contributed by atoms with Crippen LogP contribution in [0.25, 0.3) is 0 Å². The number of nitrogen functional groups attached to an aromatic ring is 1. The number of nitrogens with zero attached hydrogens (tertiary/aromatic N) is 5. The third-order valence-corrected chi connectivity index (χ3v) is 4.05. The average Bonchev–Trinajstić information content (AvgIpc) is 2.90. The summed E-state index contributed by atoms with van der Waals surface area (Å²) in [5.74, 6) is 0.906. The summed E-state index contributed by atoms with van der Waals surface area (Å²) in [6.45, 7) is 4.51. The summed E-state index contributed by atoms with van der Waals surface area (Å²) >= 11 is 0. The molecule has 0 aliphatic carbocycles. The molecule has 1 aliphatic heterocycles. The quantitative estimate of drug-likeness (QED) is 0.897. The molecule has 0 aromatic carbocycles. The number of hydrogen-bond acceptors (Lipinski definition) is 6. The minimum absolute atomic E-state index is 0.107. The minimum Gasteiger partial charge on any atom is -0.384 e. The molecule has 0 bridgehead atoms. The molecule has 1 amide bonds. The van der Waals surface area contributed by atoms with Gasteiger partial charge in [0.25, 0.3) is 5.91 Å². The monoisotopic (exact) mass is 298 g/mol. The van der Waals surface area contributed by atoms with Crippen molar-refractivity contribution in [3.8, 4) is 0 Å². The van der Waals surface area contributed by atoms with Crippen LogP contribution in [0.2, 0.25) is 0 Å². The second-order valence-corrected chi connectivity index (χ2v) is 5.72. The van der Waals surface area contributed by atoms with Gasteiger partial charge in [0.05, 0.1) is 5.56 Å². The first-order chi connectivity index (χ1) is 10.5. The molecule has 1 atom stereocenters. The number of carbonyl (C=O) groups excluding carboxylic acids is 1. The van der Waals surface area contributed by atoms with Gasteiger partial charge in [0, 0.05) is 30.7 Å². The molecular weight excluding hydrogens is 280 g/mol. The standard InChI is InChI=1S/C15H18N6O/c1-10-6-12(16)20-14(19-10)15(2)4-3-5-21(15)13(22)11-7-17-9-18-8-11/h6-9H,3-5H2,1-2H3,(H2,16,19,20)/t15-/m0/s1. The van der Waals surface area contributed by atoms with Gasteiger partial charge in [-0.2, -0.15) is 0 Å². The smallest absolute Gasteiger partial charge is 0.257 e. The number of anilines is 1. The van der Waals surface area contributed by atoms with E-state index in [-0.39, 0.29) is 5.91 Å². The molecule has 7 heteroatoms. The second kappa shape index (κ2) is 5.32. The summed E-state index contributed by atoms with van der Waals surface area (Å²) in [5.41, 5.74) is 6.55. The molecular formula is C15H18N6O. The summed E-state index contributed by atoms with van der Waals surface area (Å²) in [4.78, 5) is 31.2. The molecule has 1 fully saturated rings. The van der Waals surface area contributed by atoms with Crippen LogP contribution in [0.5, 0.6) is 0 Å².